The number of morpholine rings is 1. The molecule has 1 unspecified atom stereocenters. The molecule has 2 aromatic rings. The molecule has 1 saturated heterocycles. The SMILES string of the molecule is O=c1[nH]nc2cc(NCC3CNCCO3)ncn12. The van der Waals surface area contributed by atoms with E-state index in [1.54, 1.807) is 6.07 Å². The molecule has 3 heterocycles. The number of aromatic nitrogens is 4. The lowest BCUT2D eigenvalue weighted by Crippen LogP contribution is -2.42. The molecular formula is C10H14N6O2. The van der Waals surface area contributed by atoms with Gasteiger partial charge < -0.3 is 15.4 Å². The van der Waals surface area contributed by atoms with E-state index in [1.165, 1.54) is 10.7 Å². The van der Waals surface area contributed by atoms with Crippen molar-refractivity contribution in [1.82, 2.24) is 24.9 Å². The largest absolute Gasteiger partial charge is 0.374 e. The molecule has 8 heteroatoms. The van der Waals surface area contributed by atoms with Gasteiger partial charge in [-0.25, -0.2) is 19.3 Å². The van der Waals surface area contributed by atoms with Crippen LogP contribution in [0.15, 0.2) is 17.2 Å². The number of hydrogen-bond donors (Lipinski definition) is 3. The van der Waals surface area contributed by atoms with Gasteiger partial charge in [0.25, 0.3) is 0 Å². The number of ether oxygens (including phenoxy) is 1. The van der Waals surface area contributed by atoms with Gasteiger partial charge in [-0.15, -0.1) is 0 Å². The lowest BCUT2D eigenvalue weighted by molar-refractivity contribution is 0.0372. The molecule has 0 bridgehead atoms. The van der Waals surface area contributed by atoms with Crippen LogP contribution >= 0.6 is 0 Å². The van der Waals surface area contributed by atoms with Crippen molar-refractivity contribution in [1.29, 1.82) is 0 Å². The Bertz CT molecular complexity index is 585. The second-order valence-electron chi connectivity index (χ2n) is 4.11. The summed E-state index contributed by atoms with van der Waals surface area (Å²) in [7, 11) is 0. The van der Waals surface area contributed by atoms with Crippen LogP contribution in [0.25, 0.3) is 5.65 Å². The Morgan fingerprint density at radius 3 is 3.39 bits per heavy atom. The predicted octanol–water partition coefficient (Wildman–Crippen LogP) is -1.18. The van der Waals surface area contributed by atoms with E-state index in [2.05, 4.69) is 25.8 Å². The smallest absolute Gasteiger partial charge is 0.348 e. The Morgan fingerprint density at radius 2 is 2.56 bits per heavy atom. The standard InChI is InChI=1S/C10H14N6O2/c17-10-15-14-9-3-8(13-6-16(9)10)12-5-7-4-11-1-2-18-7/h3,6-7,11-12H,1-2,4-5H2,(H,15,17). The molecule has 0 aliphatic carbocycles. The van der Waals surface area contributed by atoms with Gasteiger partial charge in [0, 0.05) is 25.7 Å². The Morgan fingerprint density at radius 1 is 1.61 bits per heavy atom. The first-order valence-corrected chi connectivity index (χ1v) is 5.82. The number of nitrogens with one attached hydrogen (secondary N) is 3. The van der Waals surface area contributed by atoms with E-state index in [9.17, 15) is 4.79 Å². The molecular weight excluding hydrogens is 236 g/mol. The van der Waals surface area contributed by atoms with Gasteiger partial charge >= 0.3 is 5.69 Å². The molecule has 1 fully saturated rings. The Kier molecular flexibility index (Phi) is 2.95. The number of H-pyrrole nitrogens is 1. The number of rotatable bonds is 3. The minimum absolute atomic E-state index is 0.137. The van der Waals surface area contributed by atoms with Crippen LogP contribution in [0.3, 0.4) is 0 Å². The average molecular weight is 250 g/mol. The summed E-state index contributed by atoms with van der Waals surface area (Å²) < 4.78 is 6.91. The maximum atomic E-state index is 11.3. The van der Waals surface area contributed by atoms with Crippen molar-refractivity contribution in [2.24, 2.45) is 0 Å². The van der Waals surface area contributed by atoms with Crippen LogP contribution in [-0.2, 0) is 4.74 Å². The summed E-state index contributed by atoms with van der Waals surface area (Å²) in [5.74, 6) is 0.677. The second kappa shape index (κ2) is 4.75. The number of nitrogens with zero attached hydrogens (tertiary/aromatic N) is 3. The van der Waals surface area contributed by atoms with Crippen molar-refractivity contribution in [2.45, 2.75) is 6.10 Å². The minimum atomic E-state index is -0.288. The zero-order chi connectivity index (χ0) is 12.4. The van der Waals surface area contributed by atoms with E-state index in [0.717, 1.165) is 19.7 Å². The van der Waals surface area contributed by atoms with E-state index in [1.807, 2.05) is 0 Å². The van der Waals surface area contributed by atoms with Gasteiger partial charge in [-0.05, 0) is 0 Å². The summed E-state index contributed by atoms with van der Waals surface area (Å²) in [6.45, 7) is 3.13. The van der Waals surface area contributed by atoms with Gasteiger partial charge in [0.15, 0.2) is 5.65 Å². The van der Waals surface area contributed by atoms with Gasteiger partial charge in [-0.3, -0.25) is 0 Å². The van der Waals surface area contributed by atoms with Crippen LogP contribution in [-0.4, -0.2) is 51.9 Å². The molecule has 18 heavy (non-hydrogen) atoms. The number of fused-ring (bicyclic) bond motifs is 1. The highest BCUT2D eigenvalue weighted by Crippen LogP contribution is 2.05. The highest BCUT2D eigenvalue weighted by atomic mass is 16.5. The van der Waals surface area contributed by atoms with Gasteiger partial charge in [-0.2, -0.15) is 5.10 Å². The fourth-order valence-corrected chi connectivity index (χ4v) is 1.88. The molecule has 0 aromatic carbocycles. The van der Waals surface area contributed by atoms with Gasteiger partial charge in [0.05, 0.1) is 12.7 Å². The van der Waals surface area contributed by atoms with Crippen LogP contribution in [0, 0.1) is 0 Å². The van der Waals surface area contributed by atoms with Crippen LogP contribution in [0.2, 0.25) is 0 Å². The molecule has 3 rings (SSSR count). The number of hydrogen-bond acceptors (Lipinski definition) is 6. The molecule has 96 valence electrons. The summed E-state index contributed by atoms with van der Waals surface area (Å²) >= 11 is 0. The Hall–Kier alpha value is -1.93. The molecule has 3 N–H and O–H groups in total. The molecule has 0 radical (unpaired) electrons. The van der Waals surface area contributed by atoms with Crippen molar-refractivity contribution in [3.63, 3.8) is 0 Å². The summed E-state index contributed by atoms with van der Waals surface area (Å²) in [5, 5.41) is 12.7. The van der Waals surface area contributed by atoms with Crippen molar-refractivity contribution >= 4 is 11.5 Å². The normalized spacial score (nSPS) is 20.1. The number of anilines is 1. The molecule has 1 aliphatic rings. The minimum Gasteiger partial charge on any atom is -0.374 e. The Labute approximate surface area is 102 Å². The van der Waals surface area contributed by atoms with E-state index < -0.39 is 0 Å². The van der Waals surface area contributed by atoms with Gasteiger partial charge in [0.2, 0.25) is 0 Å². The summed E-state index contributed by atoms with van der Waals surface area (Å²) in [6, 6.07) is 1.72. The molecule has 0 saturated carbocycles. The second-order valence-corrected chi connectivity index (χ2v) is 4.11. The van der Waals surface area contributed by atoms with Crippen LogP contribution in [0.4, 0.5) is 5.82 Å². The topological polar surface area (TPSA) is 96.3 Å². The third-order valence-electron chi connectivity index (χ3n) is 2.83. The molecule has 1 aliphatic heterocycles. The fraction of sp³-hybridized carbons (Fsp3) is 0.500. The monoisotopic (exact) mass is 250 g/mol. The van der Waals surface area contributed by atoms with E-state index in [-0.39, 0.29) is 11.8 Å². The lowest BCUT2D eigenvalue weighted by atomic mass is 10.3. The molecule has 8 nitrogen and oxygen atoms in total. The van der Waals surface area contributed by atoms with E-state index in [0.29, 0.717) is 18.0 Å². The van der Waals surface area contributed by atoms with Crippen molar-refractivity contribution in [3.05, 3.63) is 22.9 Å². The van der Waals surface area contributed by atoms with Crippen molar-refractivity contribution in [3.8, 4) is 0 Å². The van der Waals surface area contributed by atoms with Crippen LogP contribution in [0.5, 0.6) is 0 Å². The molecule has 0 spiro atoms. The molecule has 1 atom stereocenters. The third-order valence-corrected chi connectivity index (χ3v) is 2.83. The van der Waals surface area contributed by atoms with Crippen LogP contribution < -0.4 is 16.3 Å². The van der Waals surface area contributed by atoms with Gasteiger partial charge in [0.1, 0.15) is 12.1 Å². The maximum absolute atomic E-state index is 11.3. The first-order chi connectivity index (χ1) is 8.83. The average Bonchev–Trinajstić information content (AvgIpc) is 2.79. The first kappa shape index (κ1) is 11.2. The zero-order valence-corrected chi connectivity index (χ0v) is 9.72. The summed E-state index contributed by atoms with van der Waals surface area (Å²) in [4.78, 5) is 15.4. The highest BCUT2D eigenvalue weighted by Gasteiger charge is 2.13. The summed E-state index contributed by atoms with van der Waals surface area (Å²) in [6.07, 6.45) is 1.59. The van der Waals surface area contributed by atoms with Crippen molar-refractivity contribution < 1.29 is 4.74 Å². The zero-order valence-electron chi connectivity index (χ0n) is 9.72. The maximum Gasteiger partial charge on any atom is 0.348 e. The lowest BCUT2D eigenvalue weighted by Gasteiger charge is -2.23. The van der Waals surface area contributed by atoms with Crippen LogP contribution in [0.1, 0.15) is 0 Å². The predicted molar refractivity (Wildman–Crippen MR) is 64.7 cm³/mol. The molecule has 0 amide bonds. The first-order valence-electron chi connectivity index (χ1n) is 5.82. The Balaban J connectivity index is 1.68. The van der Waals surface area contributed by atoms with Gasteiger partial charge in [-0.1, -0.05) is 0 Å². The fourth-order valence-electron chi connectivity index (χ4n) is 1.88. The van der Waals surface area contributed by atoms with Crippen molar-refractivity contribution in [2.75, 3.05) is 31.6 Å². The molecule has 2 aromatic heterocycles. The quantitative estimate of drug-likeness (QED) is 0.634. The summed E-state index contributed by atoms with van der Waals surface area (Å²) in [5.41, 5.74) is 0.254. The third kappa shape index (κ3) is 2.20. The van der Waals surface area contributed by atoms with E-state index >= 15 is 0 Å². The number of aromatic amines is 1. The van der Waals surface area contributed by atoms with E-state index in [4.69, 9.17) is 4.74 Å². The highest BCUT2D eigenvalue weighted by molar-refractivity contribution is 5.48.